The molecule has 3 aliphatic rings. The van der Waals surface area contributed by atoms with Crippen LogP contribution in [-0.4, -0.2) is 73.5 Å². The summed E-state index contributed by atoms with van der Waals surface area (Å²) in [5, 5.41) is 5.28. The molecule has 0 bridgehead atoms. The van der Waals surface area contributed by atoms with Crippen molar-refractivity contribution in [1.29, 1.82) is 0 Å². The van der Waals surface area contributed by atoms with E-state index >= 15 is 0 Å². The number of rotatable bonds is 6. The van der Waals surface area contributed by atoms with Gasteiger partial charge in [-0.3, -0.25) is 14.5 Å². The maximum Gasteiger partial charge on any atom is 0.236 e. The Morgan fingerprint density at radius 2 is 1.88 bits per heavy atom. The third kappa shape index (κ3) is 4.55. The van der Waals surface area contributed by atoms with Crippen molar-refractivity contribution in [3.8, 4) is 0 Å². The summed E-state index contributed by atoms with van der Waals surface area (Å²) in [5.41, 5.74) is 2.51. The number of nitrogens with zero attached hydrogens (tertiary/aromatic N) is 3. The lowest BCUT2D eigenvalue weighted by molar-refractivity contribution is -0.131. The Labute approximate surface area is 194 Å². The third-order valence-electron chi connectivity index (χ3n) is 7.11. The van der Waals surface area contributed by atoms with E-state index in [0.29, 0.717) is 13.1 Å². The number of amides is 2. The van der Waals surface area contributed by atoms with Crippen molar-refractivity contribution in [3.63, 3.8) is 0 Å². The first-order valence-corrected chi connectivity index (χ1v) is 12.7. The van der Waals surface area contributed by atoms with E-state index in [4.69, 9.17) is 0 Å². The minimum Gasteiger partial charge on any atom is -0.365 e. The molecule has 0 spiro atoms. The van der Waals surface area contributed by atoms with Gasteiger partial charge in [-0.15, -0.1) is 11.3 Å². The summed E-state index contributed by atoms with van der Waals surface area (Å²) in [4.78, 5) is 34.0. The summed E-state index contributed by atoms with van der Waals surface area (Å²) in [6.07, 6.45) is 3.87. The standard InChI is InChI=1S/C25H32N4O2S/c30-24(28-11-3-4-12-28)18-27-13-14-29-22-8-2-1-6-19(22)16-21(23(29)17-27)25(31)26-10-9-20-7-5-15-32-20/h1-2,5-8,15,21,23H,3-4,9-14,16-18H2,(H,26,31)/t21-,23+/m1/s1. The average Bonchev–Trinajstić information content (AvgIpc) is 3.53. The molecule has 5 rings (SSSR count). The third-order valence-corrected chi connectivity index (χ3v) is 8.05. The molecule has 0 unspecified atom stereocenters. The van der Waals surface area contributed by atoms with Crippen molar-refractivity contribution in [2.45, 2.75) is 31.7 Å². The Bertz CT molecular complexity index is 941. The number of carbonyl (C=O) groups is 2. The van der Waals surface area contributed by atoms with Gasteiger partial charge in [-0.2, -0.15) is 0 Å². The quantitative estimate of drug-likeness (QED) is 0.731. The molecule has 2 atom stereocenters. The van der Waals surface area contributed by atoms with Gasteiger partial charge >= 0.3 is 0 Å². The van der Waals surface area contributed by atoms with Gasteiger partial charge in [0.1, 0.15) is 0 Å². The number of thiophene rings is 1. The first-order valence-electron chi connectivity index (χ1n) is 11.8. The molecular weight excluding hydrogens is 420 g/mol. The molecule has 0 aliphatic carbocycles. The predicted octanol–water partition coefficient (Wildman–Crippen LogP) is 2.39. The summed E-state index contributed by atoms with van der Waals surface area (Å²) < 4.78 is 0. The minimum absolute atomic E-state index is 0.0991. The van der Waals surface area contributed by atoms with Crippen LogP contribution in [0.5, 0.6) is 0 Å². The molecule has 170 valence electrons. The minimum atomic E-state index is -0.0991. The summed E-state index contributed by atoms with van der Waals surface area (Å²) in [7, 11) is 0. The van der Waals surface area contributed by atoms with Crippen LogP contribution in [0.1, 0.15) is 23.3 Å². The Morgan fingerprint density at radius 3 is 2.69 bits per heavy atom. The van der Waals surface area contributed by atoms with Crippen LogP contribution in [-0.2, 0) is 22.4 Å². The second-order valence-corrected chi connectivity index (χ2v) is 10.2. The smallest absolute Gasteiger partial charge is 0.236 e. The number of para-hydroxylation sites is 1. The van der Waals surface area contributed by atoms with Gasteiger partial charge in [-0.1, -0.05) is 24.3 Å². The van der Waals surface area contributed by atoms with Crippen molar-refractivity contribution in [1.82, 2.24) is 15.1 Å². The first kappa shape index (κ1) is 21.5. The Kier molecular flexibility index (Phi) is 6.46. The zero-order valence-electron chi connectivity index (χ0n) is 18.5. The summed E-state index contributed by atoms with van der Waals surface area (Å²) in [5.74, 6) is 0.279. The van der Waals surface area contributed by atoms with Gasteiger partial charge in [-0.05, 0) is 48.8 Å². The SMILES string of the molecule is O=C(NCCc1cccs1)[C@@H]1Cc2ccccc2N2CCN(CC(=O)N3CCCC3)C[C@@H]12. The molecule has 0 radical (unpaired) electrons. The molecule has 32 heavy (non-hydrogen) atoms. The van der Waals surface area contributed by atoms with Crippen LogP contribution < -0.4 is 10.2 Å². The molecule has 2 saturated heterocycles. The molecular formula is C25H32N4O2S. The number of nitrogens with one attached hydrogen (secondary N) is 1. The Balaban J connectivity index is 1.28. The van der Waals surface area contributed by atoms with E-state index in [1.807, 2.05) is 4.90 Å². The normalized spacial score (nSPS) is 23.0. The van der Waals surface area contributed by atoms with Gasteiger partial charge in [0.15, 0.2) is 0 Å². The lowest BCUT2D eigenvalue weighted by atomic mass is 9.83. The van der Waals surface area contributed by atoms with Crippen molar-refractivity contribution in [2.75, 3.05) is 50.7 Å². The maximum absolute atomic E-state index is 13.3. The van der Waals surface area contributed by atoms with Gasteiger partial charge in [-0.25, -0.2) is 0 Å². The highest BCUT2D eigenvalue weighted by molar-refractivity contribution is 7.09. The number of likely N-dealkylation sites (tertiary alicyclic amines) is 1. The molecule has 0 saturated carbocycles. The summed E-state index contributed by atoms with van der Waals surface area (Å²) in [6, 6.07) is 12.8. The molecule has 1 aromatic heterocycles. The predicted molar refractivity (Wildman–Crippen MR) is 128 cm³/mol. The first-order chi connectivity index (χ1) is 15.7. The van der Waals surface area contributed by atoms with Crippen LogP contribution in [0.4, 0.5) is 5.69 Å². The molecule has 6 nitrogen and oxygen atoms in total. The van der Waals surface area contributed by atoms with E-state index in [-0.39, 0.29) is 23.8 Å². The van der Waals surface area contributed by atoms with Crippen LogP contribution in [0.3, 0.4) is 0 Å². The number of fused-ring (bicyclic) bond motifs is 3. The maximum atomic E-state index is 13.3. The largest absolute Gasteiger partial charge is 0.365 e. The lowest BCUT2D eigenvalue weighted by Crippen LogP contribution is -2.62. The topological polar surface area (TPSA) is 55.9 Å². The number of anilines is 1. The van der Waals surface area contributed by atoms with Gasteiger partial charge in [0.05, 0.1) is 18.5 Å². The van der Waals surface area contributed by atoms with E-state index < -0.39 is 0 Å². The molecule has 4 heterocycles. The number of piperazine rings is 1. The van der Waals surface area contributed by atoms with Gasteiger partial charge in [0, 0.05) is 49.8 Å². The number of hydrogen-bond donors (Lipinski definition) is 1. The van der Waals surface area contributed by atoms with Crippen LogP contribution in [0.25, 0.3) is 0 Å². The second kappa shape index (κ2) is 9.63. The fourth-order valence-corrected chi connectivity index (χ4v) is 6.12. The van der Waals surface area contributed by atoms with Crippen molar-refractivity contribution in [2.24, 2.45) is 5.92 Å². The number of hydrogen-bond acceptors (Lipinski definition) is 5. The summed E-state index contributed by atoms with van der Waals surface area (Å²) >= 11 is 1.73. The monoisotopic (exact) mass is 452 g/mol. The van der Waals surface area contributed by atoms with Crippen molar-refractivity contribution < 1.29 is 9.59 Å². The van der Waals surface area contributed by atoms with Crippen molar-refractivity contribution in [3.05, 3.63) is 52.2 Å². The highest BCUT2D eigenvalue weighted by Gasteiger charge is 2.41. The van der Waals surface area contributed by atoms with E-state index in [2.05, 4.69) is 56.9 Å². The Morgan fingerprint density at radius 1 is 1.03 bits per heavy atom. The average molecular weight is 453 g/mol. The Hall–Kier alpha value is -2.38. The zero-order chi connectivity index (χ0) is 21.9. The van der Waals surface area contributed by atoms with Crippen LogP contribution in [0.15, 0.2) is 41.8 Å². The van der Waals surface area contributed by atoms with Gasteiger partial charge < -0.3 is 15.1 Å². The molecule has 2 aromatic rings. The van der Waals surface area contributed by atoms with Crippen LogP contribution in [0, 0.1) is 5.92 Å². The van der Waals surface area contributed by atoms with E-state index in [9.17, 15) is 9.59 Å². The number of carbonyl (C=O) groups excluding carboxylic acids is 2. The molecule has 1 N–H and O–H groups in total. The molecule has 3 aliphatic heterocycles. The summed E-state index contributed by atoms with van der Waals surface area (Å²) in [6.45, 7) is 5.40. The lowest BCUT2D eigenvalue weighted by Gasteiger charge is -2.49. The fourth-order valence-electron chi connectivity index (χ4n) is 5.41. The van der Waals surface area contributed by atoms with E-state index in [0.717, 1.165) is 58.4 Å². The molecule has 2 amide bonds. The van der Waals surface area contributed by atoms with Crippen molar-refractivity contribution >= 4 is 28.8 Å². The fraction of sp³-hybridized carbons (Fsp3) is 0.520. The molecule has 7 heteroatoms. The van der Waals surface area contributed by atoms with Crippen LogP contribution in [0.2, 0.25) is 0 Å². The molecule has 1 aromatic carbocycles. The highest BCUT2D eigenvalue weighted by atomic mass is 32.1. The van der Waals surface area contributed by atoms with Gasteiger partial charge in [0.2, 0.25) is 11.8 Å². The van der Waals surface area contributed by atoms with E-state index in [1.165, 1.54) is 16.1 Å². The highest BCUT2D eigenvalue weighted by Crippen LogP contribution is 2.36. The molecule has 2 fully saturated rings. The number of benzene rings is 1. The van der Waals surface area contributed by atoms with E-state index in [1.54, 1.807) is 11.3 Å². The zero-order valence-corrected chi connectivity index (χ0v) is 19.4. The second-order valence-electron chi connectivity index (χ2n) is 9.14. The van der Waals surface area contributed by atoms with Gasteiger partial charge in [0.25, 0.3) is 0 Å². The van der Waals surface area contributed by atoms with Crippen LogP contribution >= 0.6 is 11.3 Å².